The van der Waals surface area contributed by atoms with Crippen molar-refractivity contribution < 1.29 is 4.79 Å². The number of amides is 1. The van der Waals surface area contributed by atoms with Gasteiger partial charge in [0.2, 0.25) is 5.91 Å². The SMILES string of the molecule is Cc1cccc(N2CCN(CCC(=O)NC3CCC(N)CC3)CC2)c1.Cl.Cl. The third-order valence-electron chi connectivity index (χ3n) is 5.53. The Labute approximate surface area is 175 Å². The van der Waals surface area contributed by atoms with E-state index in [-0.39, 0.29) is 30.7 Å². The predicted molar refractivity (Wildman–Crippen MR) is 117 cm³/mol. The maximum Gasteiger partial charge on any atom is 0.221 e. The summed E-state index contributed by atoms with van der Waals surface area (Å²) < 4.78 is 0. The molecule has 3 N–H and O–H groups in total. The molecule has 1 heterocycles. The van der Waals surface area contributed by atoms with E-state index in [1.54, 1.807) is 0 Å². The highest BCUT2D eigenvalue weighted by Gasteiger charge is 2.21. The summed E-state index contributed by atoms with van der Waals surface area (Å²) in [7, 11) is 0. The Morgan fingerprint density at radius 2 is 1.78 bits per heavy atom. The molecule has 1 saturated heterocycles. The standard InChI is InChI=1S/C20H32N4O.2ClH/c1-16-3-2-4-19(15-16)24-13-11-23(12-14-24)10-9-20(25)22-18-7-5-17(21)6-8-18;;/h2-4,15,17-18H,5-14,21H2,1H3,(H,22,25);2*1H. The molecule has 0 bridgehead atoms. The van der Waals surface area contributed by atoms with Crippen molar-refractivity contribution in [2.45, 2.75) is 51.1 Å². The fourth-order valence-corrected chi connectivity index (χ4v) is 3.88. The Balaban J connectivity index is 0.00000182. The fourth-order valence-electron chi connectivity index (χ4n) is 3.88. The van der Waals surface area contributed by atoms with E-state index in [0.29, 0.717) is 18.5 Å². The van der Waals surface area contributed by atoms with E-state index < -0.39 is 0 Å². The van der Waals surface area contributed by atoms with Crippen LogP contribution < -0.4 is 16.0 Å². The van der Waals surface area contributed by atoms with Gasteiger partial charge in [-0.15, -0.1) is 24.8 Å². The molecular weight excluding hydrogens is 383 g/mol. The zero-order valence-electron chi connectivity index (χ0n) is 16.2. The lowest BCUT2D eigenvalue weighted by Crippen LogP contribution is -2.47. The van der Waals surface area contributed by atoms with Crippen LogP contribution in [-0.2, 0) is 4.79 Å². The van der Waals surface area contributed by atoms with Crippen molar-refractivity contribution in [3.8, 4) is 0 Å². The zero-order valence-corrected chi connectivity index (χ0v) is 17.9. The molecule has 154 valence electrons. The highest BCUT2D eigenvalue weighted by Crippen LogP contribution is 2.18. The Morgan fingerprint density at radius 3 is 2.41 bits per heavy atom. The molecule has 3 rings (SSSR count). The van der Waals surface area contributed by atoms with Gasteiger partial charge < -0.3 is 16.0 Å². The van der Waals surface area contributed by atoms with Gasteiger partial charge >= 0.3 is 0 Å². The normalized spacial score (nSPS) is 23.1. The van der Waals surface area contributed by atoms with E-state index >= 15 is 0 Å². The summed E-state index contributed by atoms with van der Waals surface area (Å²) in [6, 6.07) is 9.37. The number of nitrogens with two attached hydrogens (primary N) is 1. The molecule has 1 aliphatic heterocycles. The van der Waals surface area contributed by atoms with Gasteiger partial charge in [-0.05, 0) is 50.3 Å². The highest BCUT2D eigenvalue weighted by molar-refractivity contribution is 5.85. The topological polar surface area (TPSA) is 61.6 Å². The van der Waals surface area contributed by atoms with Crippen LogP contribution in [0.25, 0.3) is 0 Å². The van der Waals surface area contributed by atoms with Gasteiger partial charge in [-0.2, -0.15) is 0 Å². The Kier molecular flexibility index (Phi) is 10.5. The van der Waals surface area contributed by atoms with Gasteiger partial charge in [-0.25, -0.2) is 0 Å². The van der Waals surface area contributed by atoms with Crippen LogP contribution in [-0.4, -0.2) is 55.6 Å². The number of aryl methyl sites for hydroxylation is 1. The molecule has 0 aromatic heterocycles. The first-order valence-electron chi connectivity index (χ1n) is 9.69. The van der Waals surface area contributed by atoms with E-state index in [9.17, 15) is 4.79 Å². The van der Waals surface area contributed by atoms with E-state index in [0.717, 1.165) is 58.4 Å². The molecule has 0 unspecified atom stereocenters. The maximum absolute atomic E-state index is 12.2. The van der Waals surface area contributed by atoms with Crippen molar-refractivity contribution in [1.82, 2.24) is 10.2 Å². The van der Waals surface area contributed by atoms with Crippen LogP contribution >= 0.6 is 24.8 Å². The first-order chi connectivity index (χ1) is 12.1. The minimum absolute atomic E-state index is 0. The van der Waals surface area contributed by atoms with Crippen molar-refractivity contribution in [3.63, 3.8) is 0 Å². The molecular formula is C20H34Cl2N4O. The molecule has 2 aliphatic rings. The van der Waals surface area contributed by atoms with Crippen LogP contribution in [0, 0.1) is 6.92 Å². The second-order valence-corrected chi connectivity index (χ2v) is 7.60. The van der Waals surface area contributed by atoms with Gasteiger partial charge in [0.05, 0.1) is 0 Å². The van der Waals surface area contributed by atoms with E-state index in [4.69, 9.17) is 5.73 Å². The Hall–Kier alpha value is -1.01. The lowest BCUT2D eigenvalue weighted by atomic mass is 9.92. The summed E-state index contributed by atoms with van der Waals surface area (Å²) in [4.78, 5) is 17.0. The van der Waals surface area contributed by atoms with Gasteiger partial charge in [0.25, 0.3) is 0 Å². The molecule has 1 saturated carbocycles. The fraction of sp³-hybridized carbons (Fsp3) is 0.650. The van der Waals surface area contributed by atoms with E-state index in [1.807, 2.05) is 0 Å². The van der Waals surface area contributed by atoms with Crippen LogP contribution in [0.1, 0.15) is 37.7 Å². The molecule has 7 heteroatoms. The number of nitrogens with zero attached hydrogens (tertiary/aromatic N) is 2. The van der Waals surface area contributed by atoms with Crippen molar-refractivity contribution in [3.05, 3.63) is 29.8 Å². The van der Waals surface area contributed by atoms with Gasteiger partial charge in [-0.1, -0.05) is 12.1 Å². The highest BCUT2D eigenvalue weighted by atomic mass is 35.5. The molecule has 27 heavy (non-hydrogen) atoms. The van der Waals surface area contributed by atoms with Crippen molar-refractivity contribution >= 4 is 36.4 Å². The summed E-state index contributed by atoms with van der Waals surface area (Å²) in [6.45, 7) is 7.12. The maximum atomic E-state index is 12.2. The summed E-state index contributed by atoms with van der Waals surface area (Å²) >= 11 is 0. The second-order valence-electron chi connectivity index (χ2n) is 7.60. The number of rotatable bonds is 5. The minimum atomic E-state index is 0. The number of hydrogen-bond acceptors (Lipinski definition) is 4. The molecule has 5 nitrogen and oxygen atoms in total. The monoisotopic (exact) mass is 416 g/mol. The number of anilines is 1. The molecule has 1 aromatic carbocycles. The summed E-state index contributed by atoms with van der Waals surface area (Å²) in [5, 5.41) is 3.19. The molecule has 0 spiro atoms. The first kappa shape index (κ1) is 24.0. The van der Waals surface area contributed by atoms with Crippen LogP contribution in [0.3, 0.4) is 0 Å². The third kappa shape index (κ3) is 7.49. The van der Waals surface area contributed by atoms with Crippen LogP contribution in [0.5, 0.6) is 0 Å². The molecule has 0 radical (unpaired) electrons. The largest absolute Gasteiger partial charge is 0.369 e. The van der Waals surface area contributed by atoms with E-state index in [1.165, 1.54) is 11.3 Å². The minimum Gasteiger partial charge on any atom is -0.369 e. The van der Waals surface area contributed by atoms with Gasteiger partial charge in [-0.3, -0.25) is 9.69 Å². The van der Waals surface area contributed by atoms with Crippen LogP contribution in [0.4, 0.5) is 5.69 Å². The van der Waals surface area contributed by atoms with Crippen molar-refractivity contribution in [1.29, 1.82) is 0 Å². The predicted octanol–water partition coefficient (Wildman–Crippen LogP) is 2.74. The van der Waals surface area contributed by atoms with Crippen molar-refractivity contribution in [2.24, 2.45) is 5.73 Å². The molecule has 0 atom stereocenters. The number of hydrogen-bond donors (Lipinski definition) is 2. The van der Waals surface area contributed by atoms with Crippen molar-refractivity contribution in [2.75, 3.05) is 37.6 Å². The number of benzene rings is 1. The molecule has 1 amide bonds. The Morgan fingerprint density at radius 1 is 1.11 bits per heavy atom. The first-order valence-corrected chi connectivity index (χ1v) is 9.69. The lowest BCUT2D eigenvalue weighted by molar-refractivity contribution is -0.122. The summed E-state index contributed by atoms with van der Waals surface area (Å²) in [5.74, 6) is 0.196. The Bertz CT molecular complexity index is 571. The number of piperazine rings is 1. The summed E-state index contributed by atoms with van der Waals surface area (Å²) in [5.41, 5.74) is 8.54. The number of carbonyl (C=O) groups excluding carboxylic acids is 1. The zero-order chi connectivity index (χ0) is 17.6. The second kappa shape index (κ2) is 11.7. The number of halogens is 2. The average Bonchev–Trinajstić information content (AvgIpc) is 2.62. The van der Waals surface area contributed by atoms with Crippen LogP contribution in [0.2, 0.25) is 0 Å². The van der Waals surface area contributed by atoms with E-state index in [2.05, 4.69) is 46.3 Å². The summed E-state index contributed by atoms with van der Waals surface area (Å²) in [6.07, 6.45) is 4.73. The molecule has 1 aromatic rings. The van der Waals surface area contributed by atoms with Gasteiger partial charge in [0, 0.05) is 56.9 Å². The quantitative estimate of drug-likeness (QED) is 0.774. The number of nitrogens with one attached hydrogen (secondary N) is 1. The van der Waals surface area contributed by atoms with Gasteiger partial charge in [0.15, 0.2) is 0 Å². The average molecular weight is 417 g/mol. The molecule has 1 aliphatic carbocycles. The van der Waals surface area contributed by atoms with Gasteiger partial charge in [0.1, 0.15) is 0 Å². The molecule has 2 fully saturated rings. The smallest absolute Gasteiger partial charge is 0.221 e. The lowest BCUT2D eigenvalue weighted by Gasteiger charge is -2.36. The van der Waals surface area contributed by atoms with Crippen LogP contribution in [0.15, 0.2) is 24.3 Å². The number of carbonyl (C=O) groups is 1. The third-order valence-corrected chi connectivity index (χ3v) is 5.53.